The molecule has 14 nitrogen and oxygen atoms in total. The Balaban J connectivity index is 1.29. The van der Waals surface area contributed by atoms with Gasteiger partial charge in [-0.2, -0.15) is 0 Å². The molecule has 0 spiro atoms. The van der Waals surface area contributed by atoms with Crippen LogP contribution in [-0.2, 0) is 29.2 Å². The zero-order valence-corrected chi connectivity index (χ0v) is 32.5. The van der Waals surface area contributed by atoms with Crippen LogP contribution in [0.3, 0.4) is 0 Å². The van der Waals surface area contributed by atoms with E-state index in [0.29, 0.717) is 13.0 Å². The van der Waals surface area contributed by atoms with E-state index in [-0.39, 0.29) is 36.3 Å². The van der Waals surface area contributed by atoms with Gasteiger partial charge in [0.2, 0.25) is 27.6 Å². The van der Waals surface area contributed by atoms with Crippen LogP contribution >= 0.6 is 11.8 Å². The maximum absolute atomic E-state index is 14.3. The minimum absolute atomic E-state index is 0.0624. The van der Waals surface area contributed by atoms with Crippen LogP contribution in [0.1, 0.15) is 98.8 Å². The number of likely N-dealkylation sites (tertiary alicyclic amines) is 1. The summed E-state index contributed by atoms with van der Waals surface area (Å²) in [5.41, 5.74) is 4.58. The van der Waals surface area contributed by atoms with Crippen LogP contribution in [0.15, 0.2) is 4.99 Å². The van der Waals surface area contributed by atoms with Gasteiger partial charge >= 0.3 is 6.03 Å². The molecule has 0 aromatic carbocycles. The highest BCUT2D eigenvalue weighted by molar-refractivity contribution is 8.22. The highest BCUT2D eigenvalue weighted by Crippen LogP contribution is 2.50. The molecule has 4 fully saturated rings. The Labute approximate surface area is 306 Å². The van der Waals surface area contributed by atoms with Crippen molar-refractivity contribution in [2.24, 2.45) is 39.8 Å². The maximum Gasteiger partial charge on any atom is 0.315 e. The van der Waals surface area contributed by atoms with Gasteiger partial charge in [-0.15, -0.1) is 0 Å². The summed E-state index contributed by atoms with van der Waals surface area (Å²) in [6.45, 7) is 9.55. The van der Waals surface area contributed by atoms with E-state index in [1.165, 1.54) is 21.0 Å². The number of likely N-dealkylation sites (N-methyl/N-ethyl adjacent to an activating group) is 1. The third-order valence-corrected chi connectivity index (χ3v) is 15.6. The van der Waals surface area contributed by atoms with Gasteiger partial charge in [-0.3, -0.25) is 24.2 Å². The summed E-state index contributed by atoms with van der Waals surface area (Å²) in [5, 5.41) is 9.46. The van der Waals surface area contributed by atoms with Crippen molar-refractivity contribution in [2.75, 3.05) is 20.1 Å². The molecule has 3 saturated carbocycles. The number of ketones is 1. The van der Waals surface area contributed by atoms with Crippen LogP contribution in [0.5, 0.6) is 0 Å². The van der Waals surface area contributed by atoms with E-state index in [4.69, 9.17) is 5.73 Å². The number of aliphatic imine (C=N–C) groups is 1. The largest absolute Gasteiger partial charge is 0.363 e. The fraction of sp³-hybridized carbons (Fsp3) is 0.829. The van der Waals surface area contributed by atoms with Gasteiger partial charge in [0.05, 0.1) is 17.1 Å². The van der Waals surface area contributed by atoms with E-state index in [1.54, 1.807) is 20.9 Å². The van der Waals surface area contributed by atoms with E-state index in [0.717, 1.165) is 62.8 Å². The molecule has 2 heterocycles. The van der Waals surface area contributed by atoms with Gasteiger partial charge < -0.3 is 26.6 Å². The molecule has 5 rings (SSSR count). The van der Waals surface area contributed by atoms with Crippen LogP contribution < -0.4 is 21.7 Å². The number of hydrogen-bond acceptors (Lipinski definition) is 9. The van der Waals surface area contributed by atoms with Gasteiger partial charge in [0.1, 0.15) is 16.7 Å². The van der Waals surface area contributed by atoms with Crippen LogP contribution in [0.2, 0.25) is 0 Å². The summed E-state index contributed by atoms with van der Waals surface area (Å²) in [6.07, 6.45) is 8.73. The van der Waals surface area contributed by atoms with Crippen molar-refractivity contribution in [3.8, 4) is 0 Å². The number of nitrogens with zero attached hydrogens (tertiary/aromatic N) is 3. The van der Waals surface area contributed by atoms with Crippen molar-refractivity contribution in [3.05, 3.63) is 0 Å². The lowest BCUT2D eigenvalue weighted by Gasteiger charge is -2.38. The number of Topliss-reactive ketones (excluding diaryl/α,β-unsaturated/α-hetero) is 1. The van der Waals surface area contributed by atoms with Crippen LogP contribution in [0.25, 0.3) is 0 Å². The molecule has 3 unspecified atom stereocenters. The number of thioether (sulfide) groups is 1. The average molecular weight is 752 g/mol. The van der Waals surface area contributed by atoms with E-state index < -0.39 is 73.7 Å². The van der Waals surface area contributed by atoms with E-state index >= 15 is 0 Å². The number of fused-ring (bicyclic) bond motifs is 1. The van der Waals surface area contributed by atoms with E-state index in [2.05, 4.69) is 20.9 Å². The number of carbonyl (C=O) groups is 5. The molecule has 8 atom stereocenters. The van der Waals surface area contributed by atoms with Gasteiger partial charge in [0, 0.05) is 26.2 Å². The Hall–Kier alpha value is -2.72. The fourth-order valence-corrected chi connectivity index (χ4v) is 11.7. The molecule has 0 radical (unpaired) electrons. The van der Waals surface area contributed by atoms with Crippen molar-refractivity contribution in [3.63, 3.8) is 0 Å². The number of nitrogens with two attached hydrogens (primary N) is 1. The fourth-order valence-electron chi connectivity index (χ4n) is 8.27. The second-order valence-corrected chi connectivity index (χ2v) is 20.3. The van der Waals surface area contributed by atoms with Crippen LogP contribution in [0.4, 0.5) is 4.79 Å². The molecular formula is C35H57N7O7S2. The van der Waals surface area contributed by atoms with E-state index in [1.807, 2.05) is 20.8 Å². The number of piperidine rings is 1. The molecule has 51 heavy (non-hydrogen) atoms. The molecule has 0 aromatic heterocycles. The standard InChI is InChI=1S/C35H57N7O7S2/c1-19-33(50-20(2)37-19)51(48,49)41(6)18-26(22-13-8-7-9-14-22)39-34(47)40-29(35(3,4)5)32(46)42-17-23-16-24(23)27(42)31(45)38-25(28(43)30(36)44)15-21-11-10-12-21/h19,21-27,29,33H,7-18H2,1-6H3,(H2,36,44)(H,38,45)(H2,39,40,47)/t19?,23-,24-,25?,26+,27-,29+,33?/m0/s1. The summed E-state index contributed by atoms with van der Waals surface area (Å²) in [5.74, 6) is -2.47. The highest BCUT2D eigenvalue weighted by Gasteiger charge is 2.58. The van der Waals surface area contributed by atoms with Crippen molar-refractivity contribution in [1.29, 1.82) is 0 Å². The topological polar surface area (TPSA) is 200 Å². The first kappa shape index (κ1) is 39.5. The number of urea groups is 1. The normalized spacial score (nSPS) is 28.6. The lowest BCUT2D eigenvalue weighted by molar-refractivity contribution is -0.144. The van der Waals surface area contributed by atoms with Crippen molar-refractivity contribution >= 4 is 56.4 Å². The second-order valence-electron chi connectivity index (χ2n) is 16.5. The molecule has 3 aliphatic carbocycles. The molecular weight excluding hydrogens is 695 g/mol. The summed E-state index contributed by atoms with van der Waals surface area (Å²) in [7, 11) is -2.19. The number of carbonyl (C=O) groups excluding carboxylic acids is 5. The van der Waals surface area contributed by atoms with Gasteiger partial charge in [-0.1, -0.05) is 71.1 Å². The van der Waals surface area contributed by atoms with E-state index in [9.17, 15) is 32.4 Å². The second kappa shape index (κ2) is 15.7. The van der Waals surface area contributed by atoms with Gasteiger partial charge in [0.25, 0.3) is 5.91 Å². The Morgan fingerprint density at radius 1 is 1.02 bits per heavy atom. The number of nitrogens with one attached hydrogen (secondary N) is 3. The third kappa shape index (κ3) is 9.09. The highest BCUT2D eigenvalue weighted by atomic mass is 32.3. The minimum atomic E-state index is -3.74. The quantitative estimate of drug-likeness (QED) is 0.194. The van der Waals surface area contributed by atoms with Crippen LogP contribution in [0, 0.1) is 29.1 Å². The van der Waals surface area contributed by atoms with Crippen molar-refractivity contribution in [2.45, 2.75) is 134 Å². The Bertz CT molecular complexity index is 1510. The Morgan fingerprint density at radius 3 is 2.24 bits per heavy atom. The molecule has 5 N–H and O–H groups in total. The van der Waals surface area contributed by atoms with Crippen molar-refractivity contribution < 1.29 is 32.4 Å². The lowest BCUT2D eigenvalue weighted by atomic mass is 9.80. The van der Waals surface area contributed by atoms with Crippen LogP contribution in [-0.4, -0.2) is 107 Å². The first-order valence-electron chi connectivity index (χ1n) is 18.6. The average Bonchev–Trinajstić information content (AvgIpc) is 3.55. The van der Waals surface area contributed by atoms with Crippen molar-refractivity contribution in [1.82, 2.24) is 25.2 Å². The lowest BCUT2D eigenvalue weighted by Crippen LogP contribution is -2.62. The minimum Gasteiger partial charge on any atom is -0.363 e. The maximum atomic E-state index is 14.3. The molecule has 5 aliphatic rings. The molecule has 0 aromatic rings. The first-order chi connectivity index (χ1) is 23.9. The third-order valence-electron chi connectivity index (χ3n) is 11.5. The number of primary amides is 1. The smallest absolute Gasteiger partial charge is 0.315 e. The van der Waals surface area contributed by atoms with Gasteiger partial charge in [-0.05, 0) is 68.6 Å². The number of sulfonamides is 1. The monoisotopic (exact) mass is 751 g/mol. The molecule has 16 heteroatoms. The summed E-state index contributed by atoms with van der Waals surface area (Å²) < 4.78 is 27.9. The zero-order chi connectivity index (χ0) is 37.4. The molecule has 5 amide bonds. The summed E-state index contributed by atoms with van der Waals surface area (Å²) in [6, 6.07) is -4.33. The molecule has 0 bridgehead atoms. The predicted molar refractivity (Wildman–Crippen MR) is 196 cm³/mol. The molecule has 2 aliphatic heterocycles. The Morgan fingerprint density at radius 2 is 1.69 bits per heavy atom. The number of amides is 5. The SMILES string of the molecule is CC1=NC(C)C(S(=O)(=O)N(C)C[C@@H](NC(=O)N[C@H](C(=O)N2C[C@@H]3C[C@@H]3[C@H]2C(=O)NC(CC2CCC2)C(=O)C(N)=O)C(C)(C)C)C2CCCCC2)S1. The number of hydrogen-bond donors (Lipinski definition) is 4. The molecule has 286 valence electrons. The number of rotatable bonds is 14. The first-order valence-corrected chi connectivity index (χ1v) is 20.9. The van der Waals surface area contributed by atoms with Gasteiger partial charge in [0.15, 0.2) is 0 Å². The zero-order valence-electron chi connectivity index (χ0n) is 30.9. The van der Waals surface area contributed by atoms with Gasteiger partial charge in [-0.25, -0.2) is 17.5 Å². The summed E-state index contributed by atoms with van der Waals surface area (Å²) in [4.78, 5) is 72.4. The Kier molecular flexibility index (Phi) is 12.2. The molecule has 1 saturated heterocycles. The summed E-state index contributed by atoms with van der Waals surface area (Å²) >= 11 is 1.24. The predicted octanol–water partition coefficient (Wildman–Crippen LogP) is 2.37.